The topological polar surface area (TPSA) is 145 Å². The predicted molar refractivity (Wildman–Crippen MR) is 232 cm³/mol. The molecule has 2 aromatic carbocycles. The van der Waals surface area contributed by atoms with Gasteiger partial charge < -0.3 is 14.4 Å². The molecule has 11 nitrogen and oxygen atoms in total. The Kier molecular flexibility index (Phi) is 14.1. The number of nitrogens with zero attached hydrogens (tertiary/aromatic N) is 3. The number of ether oxygens (including phenoxy) is 2. The molecular formula is C41H45Cl4FN4O7S2. The van der Waals surface area contributed by atoms with Gasteiger partial charge in [0.2, 0.25) is 27.7 Å². The van der Waals surface area contributed by atoms with Gasteiger partial charge >= 0.3 is 0 Å². The second-order valence-electron chi connectivity index (χ2n) is 16.2. The lowest BCUT2D eigenvalue weighted by atomic mass is 9.77. The van der Waals surface area contributed by atoms with E-state index in [-0.39, 0.29) is 79.6 Å². The number of benzene rings is 2. The third-order valence-electron chi connectivity index (χ3n) is 11.2. The Morgan fingerprint density at radius 2 is 1.86 bits per heavy atom. The maximum atomic E-state index is 14.9. The van der Waals surface area contributed by atoms with Gasteiger partial charge in [-0.05, 0) is 67.0 Å². The summed E-state index contributed by atoms with van der Waals surface area (Å²) in [6.45, 7) is 9.71. The summed E-state index contributed by atoms with van der Waals surface area (Å²) in [5.41, 5.74) is -0.674. The average molecular weight is 931 g/mol. The Morgan fingerprint density at radius 3 is 2.49 bits per heavy atom. The molecule has 1 N–H and O–H groups in total. The molecule has 1 aliphatic heterocycles. The maximum Gasteiger partial charge on any atom is 0.240 e. The number of halogens is 5. The number of fused-ring (bicyclic) bond motifs is 1. The van der Waals surface area contributed by atoms with Crippen molar-refractivity contribution in [3.63, 3.8) is 0 Å². The number of rotatable bonds is 14. The number of pyridine rings is 1. The molecule has 2 aliphatic carbocycles. The SMILES string of the molecule is C=C[C@@H]1C[C@]1(CC(=O)[C@@H]1C[C@@H](Oc2ncc(OC)c3ccc(Cl)cc23)CN1C(=O)[C@@H](Cc1nc(-c2ccc(F)c(Cl)c2)cs1)C(C)(C)C)C(=O)NS(=O)(=O)C1CC1.Cl.Cl. The summed E-state index contributed by atoms with van der Waals surface area (Å²) in [7, 11) is -2.34. The summed E-state index contributed by atoms with van der Waals surface area (Å²) in [6.07, 6.45) is 3.69. The number of amides is 2. The highest BCUT2D eigenvalue weighted by molar-refractivity contribution is 7.90. The molecule has 2 saturated carbocycles. The summed E-state index contributed by atoms with van der Waals surface area (Å²) in [5.74, 6) is -2.24. The number of hydrogen-bond donors (Lipinski definition) is 1. The van der Waals surface area contributed by atoms with Crippen LogP contribution in [0, 0.1) is 28.5 Å². The number of nitrogens with one attached hydrogen (secondary N) is 1. The van der Waals surface area contributed by atoms with E-state index in [2.05, 4.69) is 16.3 Å². The van der Waals surface area contributed by atoms with Crippen LogP contribution < -0.4 is 14.2 Å². The van der Waals surface area contributed by atoms with Crippen molar-refractivity contribution in [2.45, 2.75) is 76.7 Å². The van der Waals surface area contributed by atoms with Crippen LogP contribution in [0.4, 0.5) is 4.39 Å². The molecule has 3 fully saturated rings. The number of hydrogen-bond acceptors (Lipinski definition) is 10. The van der Waals surface area contributed by atoms with Gasteiger partial charge in [0.25, 0.3) is 0 Å². The third kappa shape index (κ3) is 9.68. The smallest absolute Gasteiger partial charge is 0.240 e. The lowest BCUT2D eigenvalue weighted by molar-refractivity contribution is -0.144. The number of carbonyl (C=O) groups excluding carboxylic acids is 3. The minimum Gasteiger partial charge on any atom is -0.494 e. The van der Waals surface area contributed by atoms with Gasteiger partial charge in [-0.3, -0.25) is 19.1 Å². The van der Waals surface area contributed by atoms with Gasteiger partial charge in [-0.1, -0.05) is 50.0 Å². The summed E-state index contributed by atoms with van der Waals surface area (Å²) >= 11 is 13.8. The molecule has 7 rings (SSSR count). The summed E-state index contributed by atoms with van der Waals surface area (Å²) < 4.78 is 53.7. The maximum absolute atomic E-state index is 14.9. The van der Waals surface area contributed by atoms with Crippen LogP contribution in [-0.2, 0) is 30.8 Å². The molecule has 0 unspecified atom stereocenters. The second-order valence-corrected chi connectivity index (χ2v) is 19.9. The zero-order valence-electron chi connectivity index (χ0n) is 32.7. The predicted octanol–water partition coefficient (Wildman–Crippen LogP) is 8.67. The minimum absolute atomic E-state index is 0. The van der Waals surface area contributed by atoms with Crippen molar-refractivity contribution in [2.75, 3.05) is 13.7 Å². The number of thiazole rings is 1. The Balaban J connectivity index is 0.00000331. The van der Waals surface area contributed by atoms with E-state index in [1.165, 1.54) is 41.7 Å². The van der Waals surface area contributed by atoms with E-state index < -0.39 is 61.8 Å². The Morgan fingerprint density at radius 1 is 1.14 bits per heavy atom. The fourth-order valence-electron chi connectivity index (χ4n) is 7.65. The van der Waals surface area contributed by atoms with Crippen LogP contribution in [0.15, 0.2) is 60.6 Å². The van der Waals surface area contributed by atoms with Crippen LogP contribution in [0.2, 0.25) is 10.0 Å². The number of methoxy groups -OCH3 is 1. The van der Waals surface area contributed by atoms with Crippen LogP contribution in [0.25, 0.3) is 22.0 Å². The fraction of sp³-hybridized carbons (Fsp3) is 0.439. The zero-order chi connectivity index (χ0) is 41.0. The van der Waals surface area contributed by atoms with Crippen LogP contribution >= 0.6 is 59.4 Å². The van der Waals surface area contributed by atoms with Gasteiger partial charge in [-0.2, -0.15) is 0 Å². The van der Waals surface area contributed by atoms with Gasteiger partial charge in [0.1, 0.15) is 17.7 Å². The molecule has 59 heavy (non-hydrogen) atoms. The first-order chi connectivity index (χ1) is 26.9. The highest BCUT2D eigenvalue weighted by Gasteiger charge is 2.61. The van der Waals surface area contributed by atoms with E-state index in [4.69, 9.17) is 37.7 Å². The van der Waals surface area contributed by atoms with Crippen LogP contribution in [0.5, 0.6) is 11.6 Å². The summed E-state index contributed by atoms with van der Waals surface area (Å²) in [4.78, 5) is 53.9. The average Bonchev–Trinajstić information content (AvgIpc) is 4.05. The third-order valence-corrected chi connectivity index (χ3v) is 14.5. The molecule has 0 spiro atoms. The number of ketones is 1. The Labute approximate surface area is 369 Å². The molecular weight excluding hydrogens is 885 g/mol. The lowest BCUT2D eigenvalue weighted by Crippen LogP contribution is -2.48. The molecule has 2 aromatic heterocycles. The van der Waals surface area contributed by atoms with Gasteiger partial charge in [-0.15, -0.1) is 42.7 Å². The van der Waals surface area contributed by atoms with E-state index >= 15 is 0 Å². The number of aromatic nitrogens is 2. The van der Waals surface area contributed by atoms with Crippen molar-refractivity contribution in [3.05, 3.63) is 81.5 Å². The van der Waals surface area contributed by atoms with Crippen molar-refractivity contribution >= 4 is 97.7 Å². The van der Waals surface area contributed by atoms with Gasteiger partial charge in [-0.25, -0.2) is 22.8 Å². The molecule has 1 saturated heterocycles. The number of sulfonamides is 1. The van der Waals surface area contributed by atoms with Gasteiger partial charge in [0.15, 0.2) is 5.78 Å². The number of likely N-dealkylation sites (tertiary alicyclic amines) is 1. The minimum atomic E-state index is -3.87. The molecule has 2 amide bonds. The standard InChI is InChI=1S/C41H43Cl2FN4O7S2.2ClH/c1-6-23-17-41(23,39(51)47-57(52,53)26-9-10-26)18-34(49)33-15-25(55-37-28-14-24(42)8-11-27(28)35(54-5)19-45-37)20-48(33)38(50)29(40(2,3)4)16-36-46-32(21-56-36)22-7-12-31(44)30(43)13-22;;/h6-8,11-14,19,21,23,25-26,29,33H,1,9-10,15-18,20H2,2-5H3,(H,47,51);2*1H/t23-,25-,29-,33+,41-;;/m1../s1. The fourth-order valence-corrected chi connectivity index (χ4v) is 10.2. The first kappa shape index (κ1) is 46.5. The first-order valence-corrected chi connectivity index (χ1v) is 21.8. The van der Waals surface area contributed by atoms with Crippen LogP contribution in [0.3, 0.4) is 0 Å². The lowest BCUT2D eigenvalue weighted by Gasteiger charge is -2.35. The Hall–Kier alpha value is -3.53. The largest absolute Gasteiger partial charge is 0.494 e. The van der Waals surface area contributed by atoms with Crippen LogP contribution in [-0.4, -0.2) is 71.9 Å². The normalized spacial score (nSPS) is 21.8. The van der Waals surface area contributed by atoms with Crippen molar-refractivity contribution in [1.29, 1.82) is 0 Å². The molecule has 318 valence electrons. The number of allylic oxidation sites excluding steroid dienone is 1. The first-order valence-electron chi connectivity index (χ1n) is 18.6. The molecule has 3 heterocycles. The Bertz CT molecular complexity index is 2390. The van der Waals surface area contributed by atoms with E-state index in [1.807, 2.05) is 26.2 Å². The highest BCUT2D eigenvalue weighted by Crippen LogP contribution is 2.57. The monoisotopic (exact) mass is 928 g/mol. The second kappa shape index (κ2) is 17.8. The molecule has 4 aromatic rings. The molecule has 0 bridgehead atoms. The molecule has 5 atom stereocenters. The quantitative estimate of drug-likeness (QED) is 0.123. The van der Waals surface area contributed by atoms with E-state index in [9.17, 15) is 27.2 Å². The van der Waals surface area contributed by atoms with Crippen molar-refractivity contribution in [3.8, 4) is 22.9 Å². The van der Waals surface area contributed by atoms with E-state index in [1.54, 1.807) is 30.3 Å². The molecule has 0 radical (unpaired) electrons. The molecule has 3 aliphatic rings. The number of Topliss-reactive ketones (excluding diaryl/α,β-unsaturated/α-hetero) is 1. The summed E-state index contributed by atoms with van der Waals surface area (Å²) in [5, 5.41) is 3.59. The van der Waals surface area contributed by atoms with Crippen molar-refractivity contribution in [2.24, 2.45) is 22.7 Å². The van der Waals surface area contributed by atoms with E-state index in [0.29, 0.717) is 50.7 Å². The zero-order valence-corrected chi connectivity index (χ0v) is 37.5. The highest BCUT2D eigenvalue weighted by atomic mass is 35.5. The van der Waals surface area contributed by atoms with Crippen molar-refractivity contribution < 1.29 is 36.7 Å². The van der Waals surface area contributed by atoms with Gasteiger partial charge in [0, 0.05) is 51.9 Å². The number of carbonyl (C=O) groups is 3. The van der Waals surface area contributed by atoms with Crippen molar-refractivity contribution in [1.82, 2.24) is 19.6 Å². The molecule has 18 heteroatoms. The summed E-state index contributed by atoms with van der Waals surface area (Å²) in [6, 6.07) is 8.60. The van der Waals surface area contributed by atoms with Crippen LogP contribution in [0.1, 0.15) is 57.9 Å². The van der Waals surface area contributed by atoms with Gasteiger partial charge in [0.05, 0.1) is 52.3 Å². The van der Waals surface area contributed by atoms with E-state index in [0.717, 1.165) is 0 Å².